The van der Waals surface area contributed by atoms with E-state index in [0.717, 1.165) is 5.56 Å². The number of amides is 2. The minimum atomic E-state index is -0.637. The smallest absolute Gasteiger partial charge is 0.232 e. The second-order valence-corrected chi connectivity index (χ2v) is 11.3. The number of nitrogens with zero attached hydrogens (tertiary/aromatic N) is 2. The van der Waals surface area contributed by atoms with Crippen molar-refractivity contribution < 1.29 is 18.7 Å². The van der Waals surface area contributed by atoms with Gasteiger partial charge in [0.15, 0.2) is 17.5 Å². The highest BCUT2D eigenvalue weighted by Crippen LogP contribution is 2.51. The number of carbonyl (C=O) groups is 2. The first-order valence-electron chi connectivity index (χ1n) is 12.3. The molecule has 3 heterocycles. The van der Waals surface area contributed by atoms with Crippen LogP contribution < -0.4 is 15.4 Å². The summed E-state index contributed by atoms with van der Waals surface area (Å²) in [6, 6.07) is 7.57. The Labute approximate surface area is 210 Å². The number of fused-ring (bicyclic) bond motifs is 1. The van der Waals surface area contributed by atoms with Crippen molar-refractivity contribution in [3.63, 3.8) is 0 Å². The third-order valence-electron chi connectivity index (χ3n) is 7.21. The lowest BCUT2D eigenvalue weighted by atomic mass is 9.89. The van der Waals surface area contributed by atoms with Crippen LogP contribution in [0.3, 0.4) is 0 Å². The number of guanidine groups is 1. The lowest BCUT2D eigenvalue weighted by molar-refractivity contribution is -0.133. The number of halogens is 1. The van der Waals surface area contributed by atoms with Gasteiger partial charge in [-0.15, -0.1) is 0 Å². The predicted molar refractivity (Wildman–Crippen MR) is 132 cm³/mol. The van der Waals surface area contributed by atoms with Crippen LogP contribution in [0.4, 0.5) is 4.39 Å². The second kappa shape index (κ2) is 8.57. The van der Waals surface area contributed by atoms with Crippen molar-refractivity contribution in [2.24, 2.45) is 11.8 Å². The molecule has 2 aromatic rings. The van der Waals surface area contributed by atoms with Crippen LogP contribution in [0, 0.1) is 23.1 Å². The summed E-state index contributed by atoms with van der Waals surface area (Å²) in [7, 11) is 0. The van der Waals surface area contributed by atoms with E-state index in [1.54, 1.807) is 30.6 Å². The van der Waals surface area contributed by atoms with Crippen molar-refractivity contribution in [3.8, 4) is 5.75 Å². The number of para-hydroxylation sites is 1. The minimum Gasteiger partial charge on any atom is -0.484 e. The van der Waals surface area contributed by atoms with Gasteiger partial charge in [-0.05, 0) is 57.7 Å². The quantitative estimate of drug-likeness (QED) is 0.587. The van der Waals surface area contributed by atoms with E-state index in [0.29, 0.717) is 18.4 Å². The van der Waals surface area contributed by atoms with Gasteiger partial charge in [0.1, 0.15) is 5.60 Å². The predicted octanol–water partition coefficient (Wildman–Crippen LogP) is 3.85. The number of rotatable bonds is 5. The summed E-state index contributed by atoms with van der Waals surface area (Å²) in [6.45, 7) is 7.53. The molecule has 190 valence electrons. The Balaban J connectivity index is 1.38. The summed E-state index contributed by atoms with van der Waals surface area (Å²) < 4.78 is 20.3. The number of carbonyl (C=O) groups excluding carboxylic acids is 2. The van der Waals surface area contributed by atoms with E-state index < -0.39 is 23.0 Å². The Morgan fingerprint density at radius 1 is 1.28 bits per heavy atom. The third-order valence-corrected chi connectivity index (χ3v) is 7.21. The van der Waals surface area contributed by atoms with E-state index in [1.807, 2.05) is 33.8 Å². The zero-order chi connectivity index (χ0) is 25.8. The first-order valence-corrected chi connectivity index (χ1v) is 12.3. The Hall–Kier alpha value is -3.49. The summed E-state index contributed by atoms with van der Waals surface area (Å²) in [4.78, 5) is 32.3. The molecule has 2 aliphatic heterocycles. The van der Waals surface area contributed by atoms with Crippen LogP contribution in [-0.4, -0.2) is 38.8 Å². The third kappa shape index (κ3) is 4.54. The van der Waals surface area contributed by atoms with Gasteiger partial charge in [0.05, 0.1) is 12.1 Å². The summed E-state index contributed by atoms with van der Waals surface area (Å²) in [5, 5.41) is 14.8. The van der Waals surface area contributed by atoms with E-state index in [9.17, 15) is 14.0 Å². The van der Waals surface area contributed by atoms with E-state index in [1.165, 1.54) is 11.0 Å². The molecular formula is C27H32FN5O3. The zero-order valence-corrected chi connectivity index (χ0v) is 21.0. The van der Waals surface area contributed by atoms with Crippen LogP contribution in [0.25, 0.3) is 0 Å². The highest BCUT2D eigenvalue weighted by molar-refractivity contribution is 5.99. The largest absolute Gasteiger partial charge is 0.484 e. The highest BCUT2D eigenvalue weighted by Gasteiger charge is 2.54. The Bertz CT molecular complexity index is 1200. The lowest BCUT2D eigenvalue weighted by Gasteiger charge is -2.42. The van der Waals surface area contributed by atoms with Crippen LogP contribution in [-0.2, 0) is 9.59 Å². The van der Waals surface area contributed by atoms with E-state index >= 15 is 0 Å². The van der Waals surface area contributed by atoms with Crippen molar-refractivity contribution in [3.05, 3.63) is 59.7 Å². The summed E-state index contributed by atoms with van der Waals surface area (Å²) in [5.41, 5.74) is 0.269. The summed E-state index contributed by atoms with van der Waals surface area (Å²) in [6.07, 6.45) is 4.68. The first-order chi connectivity index (χ1) is 17.0. The molecule has 1 aromatic carbocycles. The summed E-state index contributed by atoms with van der Waals surface area (Å²) in [5.74, 6) is -1.03. The number of hydrogen-bond acceptors (Lipinski definition) is 5. The number of hydrogen-bond donors (Lipinski definition) is 3. The Morgan fingerprint density at radius 2 is 2.06 bits per heavy atom. The molecule has 36 heavy (non-hydrogen) atoms. The van der Waals surface area contributed by atoms with Crippen molar-refractivity contribution in [1.82, 2.24) is 20.5 Å². The van der Waals surface area contributed by atoms with Crippen LogP contribution in [0.1, 0.15) is 70.2 Å². The molecule has 0 spiro atoms. The van der Waals surface area contributed by atoms with Crippen molar-refractivity contribution >= 4 is 17.8 Å². The normalized spacial score (nSPS) is 26.8. The number of pyridine rings is 1. The lowest BCUT2D eigenvalue weighted by Crippen LogP contribution is -2.60. The van der Waals surface area contributed by atoms with Gasteiger partial charge in [0.2, 0.25) is 11.8 Å². The van der Waals surface area contributed by atoms with Gasteiger partial charge in [-0.3, -0.25) is 24.9 Å². The van der Waals surface area contributed by atoms with Crippen molar-refractivity contribution in [2.75, 3.05) is 0 Å². The van der Waals surface area contributed by atoms with Gasteiger partial charge >= 0.3 is 0 Å². The molecule has 2 fully saturated rings. The standard InChI is InChI=1S/C27H32FN5O3/c1-26(2)13-21(34)33(25(29)32-26)22(15-7-6-10-30-14-15)17-11-18(17)24(35)31-20-12-27(3,4)36-23-16(20)8-5-9-19(23)28/h5-10,14,17-18,20,22H,11-13H2,1-4H3,(H2,29,32)(H,31,35)/t17-,18-,20?,22+/m1/s1. The fourth-order valence-electron chi connectivity index (χ4n) is 5.55. The molecule has 0 bridgehead atoms. The maximum Gasteiger partial charge on any atom is 0.232 e. The monoisotopic (exact) mass is 493 g/mol. The fraction of sp³-hybridized carbons (Fsp3) is 0.481. The van der Waals surface area contributed by atoms with Gasteiger partial charge in [-0.1, -0.05) is 18.2 Å². The van der Waals surface area contributed by atoms with Gasteiger partial charge in [0.25, 0.3) is 0 Å². The molecule has 3 N–H and O–H groups in total. The molecule has 4 atom stereocenters. The highest BCUT2D eigenvalue weighted by atomic mass is 19.1. The van der Waals surface area contributed by atoms with Crippen LogP contribution in [0.5, 0.6) is 5.75 Å². The maximum absolute atomic E-state index is 14.5. The molecule has 9 heteroatoms. The fourth-order valence-corrected chi connectivity index (χ4v) is 5.55. The van der Waals surface area contributed by atoms with Crippen molar-refractivity contribution in [2.45, 2.75) is 70.2 Å². The molecule has 5 rings (SSSR count). The summed E-state index contributed by atoms with van der Waals surface area (Å²) >= 11 is 0. The molecule has 1 unspecified atom stereocenters. The van der Waals surface area contributed by atoms with Crippen molar-refractivity contribution in [1.29, 1.82) is 5.41 Å². The molecular weight excluding hydrogens is 461 g/mol. The molecule has 2 amide bonds. The van der Waals surface area contributed by atoms with Gasteiger partial charge in [0, 0.05) is 42.3 Å². The van der Waals surface area contributed by atoms with Gasteiger partial charge in [-0.2, -0.15) is 0 Å². The molecule has 3 aliphatic rings. The van der Waals surface area contributed by atoms with Gasteiger partial charge < -0.3 is 15.4 Å². The molecule has 1 aliphatic carbocycles. The molecule has 1 saturated heterocycles. The van der Waals surface area contributed by atoms with Crippen LogP contribution >= 0.6 is 0 Å². The zero-order valence-electron chi connectivity index (χ0n) is 21.0. The van der Waals surface area contributed by atoms with Crippen LogP contribution in [0.15, 0.2) is 42.7 Å². The average molecular weight is 494 g/mol. The first kappa shape index (κ1) is 24.2. The molecule has 8 nitrogen and oxygen atoms in total. The minimum absolute atomic E-state index is 0.0340. The van der Waals surface area contributed by atoms with E-state index in [2.05, 4.69) is 15.6 Å². The average Bonchev–Trinajstić information content (AvgIpc) is 3.57. The number of ether oxygens (including phenoxy) is 1. The molecule has 0 radical (unpaired) electrons. The second-order valence-electron chi connectivity index (χ2n) is 11.3. The van der Waals surface area contributed by atoms with E-state index in [-0.39, 0.29) is 47.8 Å². The number of nitrogens with one attached hydrogen (secondary N) is 3. The SMILES string of the molecule is CC1(C)CC(=O)N([C@@H](c2cccnc2)[C@@H]2C[C@H]2C(=O)NC2CC(C)(C)Oc3c(F)cccc32)C(=N)N1. The maximum atomic E-state index is 14.5. The molecule has 1 saturated carbocycles. The number of aromatic nitrogens is 1. The topological polar surface area (TPSA) is 107 Å². The molecule has 1 aromatic heterocycles. The van der Waals surface area contributed by atoms with Gasteiger partial charge in [-0.25, -0.2) is 4.39 Å². The van der Waals surface area contributed by atoms with Crippen LogP contribution in [0.2, 0.25) is 0 Å². The Kier molecular flexibility index (Phi) is 5.76. The Morgan fingerprint density at radius 3 is 2.75 bits per heavy atom. The van der Waals surface area contributed by atoms with E-state index in [4.69, 9.17) is 10.1 Å². The number of benzene rings is 1.